The highest BCUT2D eigenvalue weighted by molar-refractivity contribution is 9.10. The first-order valence-corrected chi connectivity index (χ1v) is 13.7. The molecule has 0 aromatic heterocycles. The highest BCUT2D eigenvalue weighted by atomic mass is 79.9. The molecule has 3 aromatic carbocycles. The zero-order valence-electron chi connectivity index (χ0n) is 20.6. The van der Waals surface area contributed by atoms with Gasteiger partial charge in [-0.2, -0.15) is 0 Å². The van der Waals surface area contributed by atoms with Gasteiger partial charge in [0.2, 0.25) is 0 Å². The lowest BCUT2D eigenvalue weighted by Gasteiger charge is -2.15. The third-order valence-corrected chi connectivity index (χ3v) is 7.30. The molecule has 1 heterocycles. The number of likely N-dealkylation sites (N-methyl/N-ethyl adjacent to an activating group) is 1. The van der Waals surface area contributed by atoms with Gasteiger partial charge in [0.1, 0.15) is 6.61 Å². The van der Waals surface area contributed by atoms with Gasteiger partial charge in [-0.3, -0.25) is 9.69 Å². The van der Waals surface area contributed by atoms with Crippen LogP contribution in [0.15, 0.2) is 75.0 Å². The van der Waals surface area contributed by atoms with Gasteiger partial charge in [-0.15, -0.1) is 0 Å². The predicted molar refractivity (Wildman–Crippen MR) is 155 cm³/mol. The molecule has 0 bridgehead atoms. The van der Waals surface area contributed by atoms with Gasteiger partial charge in [-0.25, -0.2) is 9.79 Å². The molecule has 0 atom stereocenters. The van der Waals surface area contributed by atoms with Crippen LogP contribution >= 0.6 is 39.3 Å². The van der Waals surface area contributed by atoms with E-state index in [0.717, 1.165) is 11.1 Å². The molecule has 0 aliphatic carbocycles. The average molecular weight is 616 g/mol. The second-order valence-corrected chi connectivity index (χ2v) is 10.4. The number of amides is 1. The Balaban J connectivity index is 1.61. The number of carboxylic acid groups (broad SMARTS) is 1. The lowest BCUT2D eigenvalue weighted by molar-refractivity contribution is -0.122. The second-order valence-electron chi connectivity index (χ2n) is 8.09. The molecule has 0 spiro atoms. The average Bonchev–Trinajstić information content (AvgIpc) is 3.18. The highest BCUT2D eigenvalue weighted by Gasteiger charge is 2.32. The first kappa shape index (κ1) is 27.8. The maximum atomic E-state index is 13.1. The molecule has 0 unspecified atom stereocenters. The second kappa shape index (κ2) is 12.5. The number of halogens is 2. The molecule has 1 saturated heterocycles. The molecular weight excluding hydrogens is 592 g/mol. The van der Waals surface area contributed by atoms with Gasteiger partial charge in [0.25, 0.3) is 5.91 Å². The summed E-state index contributed by atoms with van der Waals surface area (Å²) in [4.78, 5) is 31.1. The fourth-order valence-electron chi connectivity index (χ4n) is 3.65. The summed E-state index contributed by atoms with van der Waals surface area (Å²) in [6, 6.07) is 17.4. The third-order valence-electron chi connectivity index (χ3n) is 5.45. The molecule has 38 heavy (non-hydrogen) atoms. The maximum Gasteiger partial charge on any atom is 0.335 e. The summed E-state index contributed by atoms with van der Waals surface area (Å²) in [7, 11) is 0. The van der Waals surface area contributed by atoms with Crippen LogP contribution in [-0.2, 0) is 11.4 Å². The molecule has 1 aliphatic heterocycles. The summed E-state index contributed by atoms with van der Waals surface area (Å²) in [6.45, 7) is 4.94. The molecule has 1 aliphatic rings. The van der Waals surface area contributed by atoms with Crippen molar-refractivity contribution in [3.05, 3.63) is 91.8 Å². The van der Waals surface area contributed by atoms with Crippen molar-refractivity contribution in [2.75, 3.05) is 13.2 Å². The van der Waals surface area contributed by atoms with E-state index in [4.69, 9.17) is 21.1 Å². The standard InChI is InChI=1S/C28H24BrClN2O5S/c1-3-32-26(33)24(38-28(32)31-21-7-5-6-19(15-21)27(34)35)14-18-12-22(29)25(23(13-18)36-4-2)37-16-17-8-10-20(30)11-9-17/h5-15H,3-4,16H2,1-2H3,(H,34,35). The first-order valence-electron chi connectivity index (χ1n) is 11.8. The summed E-state index contributed by atoms with van der Waals surface area (Å²) in [5.41, 5.74) is 2.30. The Morgan fingerprint density at radius 2 is 1.89 bits per heavy atom. The van der Waals surface area contributed by atoms with E-state index in [-0.39, 0.29) is 11.5 Å². The molecule has 7 nitrogen and oxygen atoms in total. The Morgan fingerprint density at radius 3 is 2.58 bits per heavy atom. The Morgan fingerprint density at radius 1 is 1.13 bits per heavy atom. The van der Waals surface area contributed by atoms with E-state index in [0.29, 0.717) is 56.5 Å². The van der Waals surface area contributed by atoms with Crippen molar-refractivity contribution in [2.45, 2.75) is 20.5 Å². The number of aromatic carboxylic acids is 1. The van der Waals surface area contributed by atoms with E-state index in [1.165, 1.54) is 23.9 Å². The number of ether oxygens (including phenoxy) is 2. The summed E-state index contributed by atoms with van der Waals surface area (Å²) in [5.74, 6) is -0.107. The van der Waals surface area contributed by atoms with Crippen molar-refractivity contribution >= 4 is 68.1 Å². The Bertz CT molecular complexity index is 1430. The van der Waals surface area contributed by atoms with E-state index >= 15 is 0 Å². The Hall–Kier alpha value is -3.27. The number of carbonyl (C=O) groups is 2. The molecule has 1 fully saturated rings. The number of amidine groups is 1. The van der Waals surface area contributed by atoms with Crippen LogP contribution in [0.2, 0.25) is 5.02 Å². The van der Waals surface area contributed by atoms with Crippen molar-refractivity contribution in [1.82, 2.24) is 4.90 Å². The number of hydrogen-bond donors (Lipinski definition) is 1. The summed E-state index contributed by atoms with van der Waals surface area (Å²) in [5, 5.41) is 10.4. The minimum absolute atomic E-state index is 0.131. The Kier molecular flexibility index (Phi) is 9.14. The number of hydrogen-bond acceptors (Lipinski definition) is 6. The summed E-state index contributed by atoms with van der Waals surface area (Å²) < 4.78 is 12.6. The van der Waals surface area contributed by atoms with E-state index < -0.39 is 5.97 Å². The predicted octanol–water partition coefficient (Wildman–Crippen LogP) is 7.40. The zero-order valence-corrected chi connectivity index (χ0v) is 23.8. The smallest absolute Gasteiger partial charge is 0.335 e. The van der Waals surface area contributed by atoms with Gasteiger partial charge >= 0.3 is 5.97 Å². The van der Waals surface area contributed by atoms with Crippen LogP contribution in [0, 0.1) is 0 Å². The molecular formula is C28H24BrClN2O5S. The lowest BCUT2D eigenvalue weighted by atomic mass is 10.1. The van der Waals surface area contributed by atoms with E-state index in [9.17, 15) is 14.7 Å². The van der Waals surface area contributed by atoms with E-state index in [2.05, 4.69) is 20.9 Å². The fourth-order valence-corrected chi connectivity index (χ4v) is 5.41. The van der Waals surface area contributed by atoms with Crippen LogP contribution in [0.4, 0.5) is 5.69 Å². The lowest BCUT2D eigenvalue weighted by Crippen LogP contribution is -2.28. The fraction of sp³-hybridized carbons (Fsp3) is 0.179. The summed E-state index contributed by atoms with van der Waals surface area (Å²) >= 11 is 10.8. The van der Waals surface area contributed by atoms with Crippen LogP contribution < -0.4 is 9.47 Å². The number of aliphatic imine (C=N–C) groups is 1. The molecule has 0 radical (unpaired) electrons. The topological polar surface area (TPSA) is 88.4 Å². The minimum atomic E-state index is -1.04. The number of thioether (sulfide) groups is 1. The quantitative estimate of drug-likeness (QED) is 0.252. The van der Waals surface area contributed by atoms with Crippen LogP contribution in [0.5, 0.6) is 11.5 Å². The van der Waals surface area contributed by atoms with Gasteiger partial charge in [-0.05, 0) is 101 Å². The normalized spacial score (nSPS) is 15.4. The minimum Gasteiger partial charge on any atom is -0.490 e. The van der Waals surface area contributed by atoms with Crippen molar-refractivity contribution < 1.29 is 24.2 Å². The van der Waals surface area contributed by atoms with Crippen molar-refractivity contribution in [2.24, 2.45) is 4.99 Å². The van der Waals surface area contributed by atoms with E-state index in [1.807, 2.05) is 50.2 Å². The molecule has 3 aromatic rings. The van der Waals surface area contributed by atoms with E-state index in [1.54, 1.807) is 23.1 Å². The number of carbonyl (C=O) groups excluding carboxylic acids is 1. The number of carboxylic acids is 1. The van der Waals surface area contributed by atoms with Gasteiger partial charge < -0.3 is 14.6 Å². The van der Waals surface area contributed by atoms with Crippen molar-refractivity contribution in [3.63, 3.8) is 0 Å². The van der Waals surface area contributed by atoms with Gasteiger partial charge in [0.05, 0.1) is 27.2 Å². The number of nitrogens with zero attached hydrogens (tertiary/aromatic N) is 2. The van der Waals surface area contributed by atoms with Gasteiger partial charge in [0, 0.05) is 11.6 Å². The number of rotatable bonds is 9. The maximum absolute atomic E-state index is 13.1. The van der Waals surface area contributed by atoms with Crippen molar-refractivity contribution in [1.29, 1.82) is 0 Å². The van der Waals surface area contributed by atoms with Crippen LogP contribution in [0.1, 0.15) is 35.3 Å². The summed E-state index contributed by atoms with van der Waals surface area (Å²) in [6.07, 6.45) is 1.78. The first-order chi connectivity index (χ1) is 18.3. The third kappa shape index (κ3) is 6.59. The SMILES string of the molecule is CCOc1cc(C=C2SC(=Nc3cccc(C(=O)O)c3)N(CC)C2=O)cc(Br)c1OCc1ccc(Cl)cc1. The largest absolute Gasteiger partial charge is 0.490 e. The number of benzene rings is 3. The van der Waals surface area contributed by atoms with Crippen LogP contribution in [-0.4, -0.2) is 40.2 Å². The van der Waals surface area contributed by atoms with Crippen LogP contribution in [0.3, 0.4) is 0 Å². The molecule has 0 saturated carbocycles. The highest BCUT2D eigenvalue weighted by Crippen LogP contribution is 2.40. The molecule has 4 rings (SSSR count). The molecule has 10 heteroatoms. The Labute approximate surface area is 238 Å². The monoisotopic (exact) mass is 614 g/mol. The van der Waals surface area contributed by atoms with Gasteiger partial charge in [-0.1, -0.05) is 29.8 Å². The van der Waals surface area contributed by atoms with Crippen molar-refractivity contribution in [3.8, 4) is 11.5 Å². The van der Waals surface area contributed by atoms with Gasteiger partial charge in [0.15, 0.2) is 16.7 Å². The van der Waals surface area contributed by atoms with Crippen LogP contribution in [0.25, 0.3) is 6.08 Å². The molecule has 1 N–H and O–H groups in total. The zero-order chi connectivity index (χ0) is 27.2. The molecule has 196 valence electrons. The molecule has 1 amide bonds.